The first-order valence-corrected chi connectivity index (χ1v) is 18.3. The molecule has 0 spiro atoms. The standard InChI is InChI=1S/C26H38N10O12P2/c1-33-13-35(21-19(33)23(37)31-25(27)29-21)17-5-3-15(47-17)11-44-49(39)43-9-7-42-8-10-45-50(40,41)46-12-16-4-6-18(48-16)36-14-34(2)20-22(36)30-26(28)32-24(20)38/h13-18,39H,3-12H2,1-2H3,(H5-2,27,28,29,30,31,32,37,38,40,41)/p+2. The summed E-state index contributed by atoms with van der Waals surface area (Å²) < 4.78 is 57.2. The molecule has 6 unspecified atom stereocenters. The molecule has 6 heterocycles. The lowest BCUT2D eigenvalue weighted by molar-refractivity contribution is -0.739. The summed E-state index contributed by atoms with van der Waals surface area (Å²) in [4.78, 5) is 58.1. The fourth-order valence-corrected chi connectivity index (χ4v) is 7.21. The molecule has 22 nitrogen and oxygen atoms in total. The van der Waals surface area contributed by atoms with Gasteiger partial charge in [-0.2, -0.15) is 0 Å². The second-order valence-electron chi connectivity index (χ2n) is 11.7. The molecule has 0 amide bonds. The van der Waals surface area contributed by atoms with Gasteiger partial charge in [0.25, 0.3) is 23.0 Å². The highest BCUT2D eigenvalue weighted by molar-refractivity contribution is 7.47. The lowest BCUT2D eigenvalue weighted by Crippen LogP contribution is -2.39. The Bertz CT molecular complexity index is 1980. The topological polar surface area (TPSA) is 283 Å². The SMILES string of the molecule is Cn1c[n+](C2CCC(COP(O)OCCOCCOP(=O)(O)OCC3CCC([n+]4cn(C)c5c(=O)[nH]c(N)nc54)O3)O2)c2nc(N)[nH]c(=O)c21. The molecule has 6 rings (SSSR count). The number of hydrogen-bond acceptors (Lipinski definition) is 15. The minimum absolute atomic E-state index is 0.00251. The van der Waals surface area contributed by atoms with Gasteiger partial charge in [-0.15, -0.1) is 0 Å². The van der Waals surface area contributed by atoms with Crippen LogP contribution < -0.4 is 31.7 Å². The normalized spacial score (nSPS) is 22.9. The Morgan fingerprint density at radius 2 is 1.38 bits per heavy atom. The third-order valence-corrected chi connectivity index (χ3v) is 9.83. The Morgan fingerprint density at radius 3 is 1.94 bits per heavy atom. The van der Waals surface area contributed by atoms with Gasteiger partial charge in [-0.3, -0.25) is 37.7 Å². The number of rotatable bonds is 16. The van der Waals surface area contributed by atoms with E-state index in [1.54, 1.807) is 45.0 Å². The van der Waals surface area contributed by atoms with Gasteiger partial charge in [0.15, 0.2) is 25.1 Å². The van der Waals surface area contributed by atoms with Crippen molar-refractivity contribution in [1.82, 2.24) is 29.1 Å². The van der Waals surface area contributed by atoms with Gasteiger partial charge < -0.3 is 44.5 Å². The lowest BCUT2D eigenvalue weighted by Gasteiger charge is -2.16. The number of nitrogens with zero attached hydrogens (tertiary/aromatic N) is 6. The number of aromatic nitrogens is 8. The molecule has 0 aromatic carbocycles. The molecule has 0 saturated carbocycles. The summed E-state index contributed by atoms with van der Waals surface area (Å²) in [6.07, 6.45) is 4.08. The molecule has 0 aliphatic carbocycles. The number of nitrogen functional groups attached to an aromatic ring is 2. The first kappa shape index (κ1) is 36.4. The van der Waals surface area contributed by atoms with E-state index in [4.69, 9.17) is 43.8 Å². The molecule has 2 saturated heterocycles. The molecule has 2 aliphatic rings. The highest BCUT2D eigenvalue weighted by atomic mass is 31.2. The second-order valence-corrected chi connectivity index (χ2v) is 14.1. The van der Waals surface area contributed by atoms with Gasteiger partial charge in [0.05, 0.1) is 65.9 Å². The number of phosphoric ester groups is 1. The number of phosphoric acid groups is 1. The van der Waals surface area contributed by atoms with Crippen LogP contribution in [0.25, 0.3) is 22.3 Å². The van der Waals surface area contributed by atoms with Crippen LogP contribution in [0.3, 0.4) is 0 Å². The maximum absolute atomic E-state index is 12.3. The van der Waals surface area contributed by atoms with E-state index >= 15 is 0 Å². The molecular formula is C26H40N10O12P2+2. The lowest BCUT2D eigenvalue weighted by atomic mass is 10.2. The summed E-state index contributed by atoms with van der Waals surface area (Å²) in [5, 5.41) is 0. The maximum Gasteiger partial charge on any atom is 0.472 e. The summed E-state index contributed by atoms with van der Waals surface area (Å²) in [7, 11) is -3.15. The number of H-pyrrole nitrogens is 2. The molecule has 2 aliphatic heterocycles. The van der Waals surface area contributed by atoms with Gasteiger partial charge in [-0.25, -0.2) is 13.7 Å². The molecule has 8 N–H and O–H groups in total. The van der Waals surface area contributed by atoms with E-state index in [1.165, 1.54) is 0 Å². The fourth-order valence-electron chi connectivity index (χ4n) is 5.87. The van der Waals surface area contributed by atoms with Crippen LogP contribution in [-0.2, 0) is 51.0 Å². The van der Waals surface area contributed by atoms with Crippen molar-refractivity contribution in [2.24, 2.45) is 14.1 Å². The van der Waals surface area contributed by atoms with Gasteiger partial charge >= 0.3 is 27.7 Å². The number of fused-ring (bicyclic) bond motifs is 2. The molecule has 4 aromatic heterocycles. The Kier molecular flexibility index (Phi) is 11.3. The predicted octanol–water partition coefficient (Wildman–Crippen LogP) is -0.966. The zero-order chi connectivity index (χ0) is 35.6. The van der Waals surface area contributed by atoms with Crippen LogP contribution in [-0.4, -0.2) is 90.7 Å². The number of ether oxygens (including phenoxy) is 3. The first-order chi connectivity index (χ1) is 23.9. The minimum Gasteiger partial charge on any atom is -0.377 e. The van der Waals surface area contributed by atoms with Crippen LogP contribution in [0.4, 0.5) is 11.9 Å². The van der Waals surface area contributed by atoms with Crippen molar-refractivity contribution in [2.75, 3.05) is 51.1 Å². The van der Waals surface area contributed by atoms with Gasteiger partial charge in [-0.05, 0) is 12.8 Å². The summed E-state index contributed by atoms with van der Waals surface area (Å²) in [6, 6.07) is 0. The average Bonchev–Trinajstić information content (AvgIpc) is 3.84. The van der Waals surface area contributed by atoms with Gasteiger partial charge in [-0.1, -0.05) is 9.97 Å². The van der Waals surface area contributed by atoms with Gasteiger partial charge in [0.1, 0.15) is 0 Å². The van der Waals surface area contributed by atoms with Crippen molar-refractivity contribution in [2.45, 2.75) is 50.3 Å². The fraction of sp³-hybridized carbons (Fsp3) is 0.615. The van der Waals surface area contributed by atoms with Crippen LogP contribution >= 0.6 is 16.4 Å². The van der Waals surface area contributed by atoms with Crippen molar-refractivity contribution < 1.29 is 55.8 Å². The van der Waals surface area contributed by atoms with Crippen LogP contribution in [0.2, 0.25) is 0 Å². The highest BCUT2D eigenvalue weighted by Crippen LogP contribution is 2.44. The number of nitrogens with two attached hydrogens (primary N) is 2. The highest BCUT2D eigenvalue weighted by Gasteiger charge is 2.36. The molecule has 50 heavy (non-hydrogen) atoms. The molecule has 4 aromatic rings. The van der Waals surface area contributed by atoms with Gasteiger partial charge in [0, 0.05) is 12.8 Å². The number of hydrogen-bond donors (Lipinski definition) is 6. The third-order valence-electron chi connectivity index (χ3n) is 8.08. The molecule has 0 radical (unpaired) electrons. The number of aromatic amines is 2. The van der Waals surface area contributed by atoms with E-state index in [0.717, 1.165) is 0 Å². The van der Waals surface area contributed by atoms with Crippen LogP contribution in [0.5, 0.6) is 0 Å². The van der Waals surface area contributed by atoms with Crippen LogP contribution in [0, 0.1) is 0 Å². The molecular weight excluding hydrogens is 706 g/mol. The zero-order valence-electron chi connectivity index (χ0n) is 27.2. The minimum atomic E-state index is -4.39. The number of imidazole rings is 2. The average molecular weight is 747 g/mol. The Balaban J connectivity index is 0.830. The van der Waals surface area contributed by atoms with Crippen LogP contribution in [0.15, 0.2) is 22.2 Å². The Morgan fingerprint density at radius 1 is 0.860 bits per heavy atom. The van der Waals surface area contributed by atoms with E-state index in [1.807, 2.05) is 0 Å². The Labute approximate surface area is 284 Å². The van der Waals surface area contributed by atoms with Crippen molar-refractivity contribution in [3.8, 4) is 0 Å². The van der Waals surface area contributed by atoms with Crippen molar-refractivity contribution >= 4 is 50.6 Å². The molecule has 274 valence electrons. The number of anilines is 2. The number of nitrogens with one attached hydrogen (secondary N) is 2. The van der Waals surface area contributed by atoms with Crippen molar-refractivity contribution in [3.63, 3.8) is 0 Å². The van der Waals surface area contributed by atoms with Crippen LogP contribution in [0.1, 0.15) is 38.1 Å². The zero-order valence-corrected chi connectivity index (χ0v) is 29.0. The monoisotopic (exact) mass is 746 g/mol. The van der Waals surface area contributed by atoms with Crippen molar-refractivity contribution in [1.29, 1.82) is 0 Å². The van der Waals surface area contributed by atoms with E-state index in [0.29, 0.717) is 48.0 Å². The summed E-state index contributed by atoms with van der Waals surface area (Å²) in [5.41, 5.74) is 12.2. The smallest absolute Gasteiger partial charge is 0.377 e. The van der Waals surface area contributed by atoms with Crippen molar-refractivity contribution in [3.05, 3.63) is 33.4 Å². The summed E-state index contributed by atoms with van der Waals surface area (Å²) in [5.74, 6) is -0.0151. The molecule has 2 fully saturated rings. The number of aryl methyl sites for hydroxylation is 2. The summed E-state index contributed by atoms with van der Waals surface area (Å²) >= 11 is 0. The van der Waals surface area contributed by atoms with E-state index in [2.05, 4.69) is 19.9 Å². The molecule has 0 bridgehead atoms. The van der Waals surface area contributed by atoms with E-state index in [-0.39, 0.29) is 68.8 Å². The summed E-state index contributed by atoms with van der Waals surface area (Å²) in [6.45, 7) is -0.307. The van der Waals surface area contributed by atoms with E-state index < -0.39 is 35.0 Å². The molecule has 6 atom stereocenters. The predicted molar refractivity (Wildman–Crippen MR) is 172 cm³/mol. The maximum atomic E-state index is 12.3. The van der Waals surface area contributed by atoms with E-state index in [9.17, 15) is 23.9 Å². The molecule has 24 heteroatoms. The first-order valence-electron chi connectivity index (χ1n) is 15.7. The second kappa shape index (κ2) is 15.5. The largest absolute Gasteiger partial charge is 0.472 e. The Hall–Kier alpha value is -3.40. The quantitative estimate of drug-likeness (QED) is 0.0457. The third kappa shape index (κ3) is 8.38. The van der Waals surface area contributed by atoms with Gasteiger partial charge in [0.2, 0.25) is 11.0 Å².